The van der Waals surface area contributed by atoms with Crippen LogP contribution in [0.1, 0.15) is 26.7 Å². The van der Waals surface area contributed by atoms with Gasteiger partial charge in [0.2, 0.25) is 5.91 Å². The van der Waals surface area contributed by atoms with E-state index >= 15 is 0 Å². The van der Waals surface area contributed by atoms with Gasteiger partial charge in [-0.05, 0) is 24.8 Å². The molecule has 0 aliphatic carbocycles. The zero-order valence-electron chi connectivity index (χ0n) is 14.4. The van der Waals surface area contributed by atoms with Crippen LogP contribution in [-0.4, -0.2) is 40.9 Å². The largest absolute Gasteiger partial charge is 0.368 e. The predicted molar refractivity (Wildman–Crippen MR) is 98.5 cm³/mol. The lowest BCUT2D eigenvalue weighted by Gasteiger charge is -2.24. The summed E-state index contributed by atoms with van der Waals surface area (Å²) < 4.78 is 5.02. The van der Waals surface area contributed by atoms with Crippen molar-refractivity contribution in [3.8, 4) is 0 Å². The van der Waals surface area contributed by atoms with Crippen LogP contribution in [0.15, 0.2) is 12.1 Å². The second-order valence-corrected chi connectivity index (χ2v) is 7.35. The van der Waals surface area contributed by atoms with Gasteiger partial charge < -0.3 is 20.5 Å². The highest BCUT2D eigenvalue weighted by Crippen LogP contribution is 2.34. The molecule has 26 heavy (non-hydrogen) atoms. The minimum Gasteiger partial charge on any atom is -0.368 e. The molecule has 10 heteroatoms. The highest BCUT2D eigenvalue weighted by Gasteiger charge is 2.31. The molecule has 1 amide bonds. The Bertz CT molecular complexity index is 686. The van der Waals surface area contributed by atoms with Crippen LogP contribution >= 0.6 is 23.2 Å². The van der Waals surface area contributed by atoms with E-state index < -0.39 is 23.3 Å². The zero-order valence-corrected chi connectivity index (χ0v) is 15.9. The summed E-state index contributed by atoms with van der Waals surface area (Å²) in [4.78, 5) is 23.3. The van der Waals surface area contributed by atoms with Gasteiger partial charge in [0.15, 0.2) is 6.29 Å². The minimum absolute atomic E-state index is 0.0556. The number of rotatable bonds is 7. The predicted octanol–water partition coefficient (Wildman–Crippen LogP) is 2.95. The van der Waals surface area contributed by atoms with Crippen LogP contribution in [0.2, 0.25) is 10.0 Å². The van der Waals surface area contributed by atoms with E-state index in [1.54, 1.807) is 0 Å². The molecule has 1 saturated heterocycles. The monoisotopic (exact) mass is 405 g/mol. The number of aliphatic hydroxyl groups is 1. The first-order chi connectivity index (χ1) is 12.2. The average Bonchev–Trinajstić information content (AvgIpc) is 2.94. The van der Waals surface area contributed by atoms with E-state index in [1.807, 2.05) is 13.8 Å². The van der Waals surface area contributed by atoms with Crippen molar-refractivity contribution in [3.63, 3.8) is 0 Å². The van der Waals surface area contributed by atoms with Crippen molar-refractivity contribution in [1.82, 2.24) is 5.32 Å². The number of aliphatic hydroxyl groups excluding tert-OH is 1. The molecular weight excluding hydrogens is 385 g/mol. The number of hydrogen-bond acceptors (Lipinski definition) is 6. The van der Waals surface area contributed by atoms with Crippen LogP contribution in [0.4, 0.5) is 11.4 Å². The van der Waals surface area contributed by atoms with E-state index in [2.05, 4.69) is 10.6 Å². The maximum atomic E-state index is 12.6. The SMILES string of the molecule is CC(C)C[C@H](Nc1cc(Cl)c(Cl)cc1[N+](=O)[O-])C(=O)N[C@H]1CCOC1O. The van der Waals surface area contributed by atoms with E-state index in [-0.39, 0.29) is 33.2 Å². The summed E-state index contributed by atoms with van der Waals surface area (Å²) in [5.74, 6) is -0.238. The number of nitrogens with one attached hydrogen (secondary N) is 2. The quantitative estimate of drug-likeness (QED) is 0.474. The Labute approximate surface area is 161 Å². The van der Waals surface area contributed by atoms with Gasteiger partial charge in [-0.15, -0.1) is 0 Å². The lowest BCUT2D eigenvalue weighted by Crippen LogP contribution is -2.48. The number of anilines is 1. The van der Waals surface area contributed by atoms with Gasteiger partial charge in [0.05, 0.1) is 27.6 Å². The highest BCUT2D eigenvalue weighted by molar-refractivity contribution is 6.42. The van der Waals surface area contributed by atoms with Crippen molar-refractivity contribution >= 4 is 40.5 Å². The molecule has 0 aromatic heterocycles. The summed E-state index contributed by atoms with van der Waals surface area (Å²) in [7, 11) is 0. The Balaban J connectivity index is 2.23. The summed E-state index contributed by atoms with van der Waals surface area (Å²) in [6.07, 6.45) is -0.140. The fraction of sp³-hybridized carbons (Fsp3) is 0.562. The molecule has 1 aliphatic rings. The molecule has 0 bridgehead atoms. The summed E-state index contributed by atoms with van der Waals surface area (Å²) in [5.41, 5.74) is -0.168. The second kappa shape index (κ2) is 8.85. The number of nitro groups is 1. The molecule has 1 unspecified atom stereocenters. The van der Waals surface area contributed by atoms with Gasteiger partial charge in [-0.3, -0.25) is 14.9 Å². The third kappa shape index (κ3) is 5.20. The summed E-state index contributed by atoms with van der Waals surface area (Å²) >= 11 is 11.8. The zero-order chi connectivity index (χ0) is 19.4. The van der Waals surface area contributed by atoms with Crippen molar-refractivity contribution in [2.45, 2.75) is 45.1 Å². The molecule has 1 aliphatic heterocycles. The molecule has 0 radical (unpaired) electrons. The van der Waals surface area contributed by atoms with E-state index in [9.17, 15) is 20.0 Å². The van der Waals surface area contributed by atoms with Crippen LogP contribution in [0.25, 0.3) is 0 Å². The minimum atomic E-state index is -1.06. The van der Waals surface area contributed by atoms with Crippen LogP contribution in [0.3, 0.4) is 0 Å². The fourth-order valence-corrected chi connectivity index (χ4v) is 3.02. The summed E-state index contributed by atoms with van der Waals surface area (Å²) in [5, 5.41) is 26.8. The molecular formula is C16H21Cl2N3O5. The maximum absolute atomic E-state index is 12.6. The molecule has 1 aromatic rings. The first kappa shape index (κ1) is 20.7. The van der Waals surface area contributed by atoms with Gasteiger partial charge in [-0.2, -0.15) is 0 Å². The van der Waals surface area contributed by atoms with Crippen molar-refractivity contribution in [2.24, 2.45) is 5.92 Å². The molecule has 8 nitrogen and oxygen atoms in total. The average molecular weight is 406 g/mol. The van der Waals surface area contributed by atoms with Gasteiger partial charge >= 0.3 is 0 Å². The van der Waals surface area contributed by atoms with Gasteiger partial charge in [-0.25, -0.2) is 0 Å². The van der Waals surface area contributed by atoms with Gasteiger partial charge in [0.25, 0.3) is 5.69 Å². The Morgan fingerprint density at radius 2 is 2.08 bits per heavy atom. The molecule has 144 valence electrons. The number of ether oxygens (including phenoxy) is 1. The first-order valence-corrected chi connectivity index (χ1v) is 8.94. The highest BCUT2D eigenvalue weighted by atomic mass is 35.5. The standard InChI is InChI=1S/C16H21Cl2N3O5/c1-8(2)5-13(15(22)20-11-3-4-26-16(11)23)19-12-6-9(17)10(18)7-14(12)21(24)25/h6-8,11,13,16,19,23H,3-5H2,1-2H3,(H,20,22)/t11-,13-,16?/m0/s1. The molecule has 3 N–H and O–H groups in total. The number of carbonyl (C=O) groups is 1. The Morgan fingerprint density at radius 3 is 2.62 bits per heavy atom. The van der Waals surface area contributed by atoms with E-state index in [0.717, 1.165) is 6.07 Å². The van der Waals surface area contributed by atoms with E-state index in [0.29, 0.717) is 19.4 Å². The number of halogens is 2. The van der Waals surface area contributed by atoms with Gasteiger partial charge in [0, 0.05) is 6.07 Å². The van der Waals surface area contributed by atoms with Crippen molar-refractivity contribution in [3.05, 3.63) is 32.3 Å². The number of benzene rings is 1. The molecule has 3 atom stereocenters. The lowest BCUT2D eigenvalue weighted by molar-refractivity contribution is -0.384. The fourth-order valence-electron chi connectivity index (χ4n) is 2.69. The molecule has 1 fully saturated rings. The van der Waals surface area contributed by atoms with Crippen LogP contribution in [-0.2, 0) is 9.53 Å². The summed E-state index contributed by atoms with van der Waals surface area (Å²) in [6.45, 7) is 4.21. The molecule has 2 rings (SSSR count). The van der Waals surface area contributed by atoms with Crippen molar-refractivity contribution in [2.75, 3.05) is 11.9 Å². The number of amides is 1. The van der Waals surface area contributed by atoms with Crippen molar-refractivity contribution < 1.29 is 19.6 Å². The lowest BCUT2D eigenvalue weighted by atomic mass is 10.0. The van der Waals surface area contributed by atoms with Crippen LogP contribution < -0.4 is 10.6 Å². The third-order valence-electron chi connectivity index (χ3n) is 3.98. The van der Waals surface area contributed by atoms with Crippen LogP contribution in [0, 0.1) is 16.0 Å². The molecule has 1 heterocycles. The molecule has 0 saturated carbocycles. The number of carbonyl (C=O) groups excluding carboxylic acids is 1. The summed E-state index contributed by atoms with van der Waals surface area (Å²) in [6, 6.07) is 1.21. The normalized spacial score (nSPS) is 20.8. The van der Waals surface area contributed by atoms with Gasteiger partial charge in [-0.1, -0.05) is 37.0 Å². The smallest absolute Gasteiger partial charge is 0.293 e. The maximum Gasteiger partial charge on any atom is 0.293 e. The molecule has 1 aromatic carbocycles. The first-order valence-electron chi connectivity index (χ1n) is 8.19. The number of nitrogens with zero attached hydrogens (tertiary/aromatic N) is 1. The Morgan fingerprint density at radius 1 is 1.42 bits per heavy atom. The number of nitro benzene ring substituents is 1. The second-order valence-electron chi connectivity index (χ2n) is 6.53. The van der Waals surface area contributed by atoms with E-state index in [1.165, 1.54) is 6.07 Å². The van der Waals surface area contributed by atoms with E-state index in [4.69, 9.17) is 27.9 Å². The molecule has 0 spiro atoms. The van der Waals surface area contributed by atoms with Gasteiger partial charge in [0.1, 0.15) is 11.7 Å². The Hall–Kier alpha value is -1.61. The number of hydrogen-bond donors (Lipinski definition) is 3. The van der Waals surface area contributed by atoms with Crippen molar-refractivity contribution in [1.29, 1.82) is 0 Å². The topological polar surface area (TPSA) is 114 Å². The third-order valence-corrected chi connectivity index (χ3v) is 4.70. The van der Waals surface area contributed by atoms with Crippen LogP contribution in [0.5, 0.6) is 0 Å². The Kier molecular flexibility index (Phi) is 7.05.